The summed E-state index contributed by atoms with van der Waals surface area (Å²) in [4.78, 5) is 4.36. The first-order valence-electron chi connectivity index (χ1n) is 17.6. The lowest BCUT2D eigenvalue weighted by atomic mass is 10.00. The molecule has 0 aliphatic rings. The van der Waals surface area contributed by atoms with Gasteiger partial charge >= 0.3 is 0 Å². The van der Waals surface area contributed by atoms with Gasteiger partial charge in [0.05, 0.1) is 11.0 Å². The Morgan fingerprint density at radius 2 is 0.736 bits per heavy atom. The van der Waals surface area contributed by atoms with Gasteiger partial charge in [-0.25, -0.2) is 8.78 Å². The van der Waals surface area contributed by atoms with E-state index in [1.54, 1.807) is 0 Å². The molecular formula is C48H31F2N3. The minimum absolute atomic E-state index is 0.278. The van der Waals surface area contributed by atoms with Gasteiger partial charge in [-0.15, -0.1) is 0 Å². The van der Waals surface area contributed by atoms with E-state index in [4.69, 9.17) is 0 Å². The Bertz CT molecular complexity index is 2740. The zero-order valence-corrected chi connectivity index (χ0v) is 28.5. The van der Waals surface area contributed by atoms with Crippen LogP contribution in [0.25, 0.3) is 49.0 Å². The highest BCUT2D eigenvalue weighted by Crippen LogP contribution is 2.47. The lowest BCUT2D eigenvalue weighted by molar-refractivity contribution is 0.627. The number of rotatable bonds is 7. The van der Waals surface area contributed by atoms with Crippen molar-refractivity contribution in [3.8, 4) is 5.69 Å². The number of nitrogens with zero attached hydrogens (tertiary/aromatic N) is 3. The SMILES string of the molecule is Fc1ccc(N(c2ccccc2)c2cc3ccc4cc(N(c5ccccc5)c5ccc(F)cc5)cc5c4c3c(c2)n5-c2ccc3ccccc3c2)cc1. The van der Waals surface area contributed by atoms with Crippen molar-refractivity contribution < 1.29 is 8.78 Å². The van der Waals surface area contributed by atoms with Crippen LogP contribution in [0.4, 0.5) is 42.9 Å². The number of aromatic nitrogens is 1. The Hall–Kier alpha value is -6.98. The summed E-state index contributed by atoms with van der Waals surface area (Å²) in [6.45, 7) is 0. The summed E-state index contributed by atoms with van der Waals surface area (Å²) in [6.07, 6.45) is 0. The van der Waals surface area contributed by atoms with E-state index in [2.05, 4.69) is 117 Å². The summed E-state index contributed by atoms with van der Waals surface area (Å²) in [7, 11) is 0. The maximum atomic E-state index is 14.2. The molecule has 10 aromatic rings. The van der Waals surface area contributed by atoms with Gasteiger partial charge in [0.1, 0.15) is 11.6 Å². The van der Waals surface area contributed by atoms with Crippen molar-refractivity contribution in [1.29, 1.82) is 0 Å². The first-order chi connectivity index (χ1) is 26.1. The van der Waals surface area contributed by atoms with Crippen LogP contribution in [0, 0.1) is 11.6 Å². The Morgan fingerprint density at radius 3 is 1.23 bits per heavy atom. The average molecular weight is 688 g/mol. The van der Waals surface area contributed by atoms with E-state index in [1.165, 1.54) is 40.4 Å². The molecule has 0 N–H and O–H groups in total. The minimum Gasteiger partial charge on any atom is -0.310 e. The van der Waals surface area contributed by atoms with E-state index in [0.717, 1.165) is 67.0 Å². The van der Waals surface area contributed by atoms with Crippen molar-refractivity contribution in [3.63, 3.8) is 0 Å². The lowest BCUT2D eigenvalue weighted by Crippen LogP contribution is -2.10. The van der Waals surface area contributed by atoms with Crippen molar-refractivity contribution in [2.24, 2.45) is 0 Å². The summed E-state index contributed by atoms with van der Waals surface area (Å²) < 4.78 is 30.8. The molecule has 10 rings (SSSR count). The maximum Gasteiger partial charge on any atom is 0.123 e. The molecule has 0 saturated carbocycles. The number of fused-ring (bicyclic) bond motifs is 1. The minimum atomic E-state index is -0.278. The van der Waals surface area contributed by atoms with Gasteiger partial charge in [0.15, 0.2) is 0 Å². The molecule has 0 amide bonds. The largest absolute Gasteiger partial charge is 0.310 e. The Labute approximate surface area is 305 Å². The Kier molecular flexibility index (Phi) is 7.18. The standard InChI is InChI=1S/C48H31F2N3/c49-36-18-23-40(24-19-36)51(38-11-3-1-4-12-38)43-28-34-15-16-35-29-44(52(39-13-5-2-6-14-39)41-25-20-37(50)21-26-41)31-46-48(35)47(34)45(30-43)53(46)42-22-17-32-9-7-8-10-33(32)27-42/h1-31H. The highest BCUT2D eigenvalue weighted by molar-refractivity contribution is 6.26. The molecule has 0 spiro atoms. The van der Waals surface area contributed by atoms with Crippen LogP contribution in [-0.2, 0) is 0 Å². The van der Waals surface area contributed by atoms with Crippen LogP contribution < -0.4 is 9.80 Å². The van der Waals surface area contributed by atoms with E-state index in [9.17, 15) is 8.78 Å². The highest BCUT2D eigenvalue weighted by atomic mass is 19.1. The average Bonchev–Trinajstić information content (AvgIpc) is 3.54. The number of benzene rings is 9. The molecule has 5 heteroatoms. The van der Waals surface area contributed by atoms with Crippen molar-refractivity contribution in [1.82, 2.24) is 4.57 Å². The fourth-order valence-corrected chi connectivity index (χ4v) is 7.82. The predicted molar refractivity (Wildman–Crippen MR) is 216 cm³/mol. The fraction of sp³-hybridized carbons (Fsp3) is 0. The van der Waals surface area contributed by atoms with Gasteiger partial charge in [-0.1, -0.05) is 78.9 Å². The van der Waals surface area contributed by atoms with Gasteiger partial charge in [0.25, 0.3) is 0 Å². The van der Waals surface area contributed by atoms with Crippen LogP contribution >= 0.6 is 0 Å². The number of anilines is 6. The van der Waals surface area contributed by atoms with Crippen molar-refractivity contribution >= 4 is 77.5 Å². The molecule has 0 atom stereocenters. The van der Waals surface area contributed by atoms with Crippen LogP contribution in [0.2, 0.25) is 0 Å². The molecule has 9 aromatic carbocycles. The van der Waals surface area contributed by atoms with Crippen molar-refractivity contribution in [2.75, 3.05) is 9.80 Å². The summed E-state index contributed by atoms with van der Waals surface area (Å²) in [5.41, 5.74) is 8.73. The topological polar surface area (TPSA) is 11.4 Å². The maximum absolute atomic E-state index is 14.2. The molecule has 0 fully saturated rings. The van der Waals surface area contributed by atoms with Gasteiger partial charge in [-0.05, 0) is 131 Å². The lowest BCUT2D eigenvalue weighted by Gasteiger charge is -2.26. The number of para-hydroxylation sites is 2. The molecule has 1 aromatic heterocycles. The normalized spacial score (nSPS) is 11.6. The molecule has 252 valence electrons. The third-order valence-corrected chi connectivity index (χ3v) is 10.1. The van der Waals surface area contributed by atoms with Gasteiger partial charge in [-0.3, -0.25) is 0 Å². The van der Waals surface area contributed by atoms with Crippen LogP contribution in [0.15, 0.2) is 188 Å². The van der Waals surface area contributed by atoms with Crippen molar-refractivity contribution in [2.45, 2.75) is 0 Å². The zero-order valence-electron chi connectivity index (χ0n) is 28.5. The quantitative estimate of drug-likeness (QED) is 0.155. The molecule has 0 saturated heterocycles. The zero-order chi connectivity index (χ0) is 35.5. The molecule has 0 aliphatic carbocycles. The van der Waals surface area contributed by atoms with Gasteiger partial charge < -0.3 is 14.4 Å². The first-order valence-corrected chi connectivity index (χ1v) is 17.6. The van der Waals surface area contributed by atoms with Gasteiger partial charge in [0.2, 0.25) is 0 Å². The van der Waals surface area contributed by atoms with Crippen LogP contribution in [0.3, 0.4) is 0 Å². The highest BCUT2D eigenvalue weighted by Gasteiger charge is 2.23. The second-order valence-electron chi connectivity index (χ2n) is 13.4. The molecular weight excluding hydrogens is 657 g/mol. The van der Waals surface area contributed by atoms with Crippen LogP contribution in [0.5, 0.6) is 0 Å². The summed E-state index contributed by atoms with van der Waals surface area (Å²) >= 11 is 0. The molecule has 0 aliphatic heterocycles. The Morgan fingerprint density at radius 1 is 0.321 bits per heavy atom. The van der Waals surface area contributed by atoms with Crippen LogP contribution in [-0.4, -0.2) is 4.57 Å². The van der Waals surface area contributed by atoms with Crippen molar-refractivity contribution in [3.05, 3.63) is 200 Å². The first kappa shape index (κ1) is 30.8. The molecule has 3 nitrogen and oxygen atoms in total. The summed E-state index contributed by atoms with van der Waals surface area (Å²) in [6, 6.07) is 62.1. The predicted octanol–water partition coefficient (Wildman–Crippen LogP) is 13.7. The molecule has 1 heterocycles. The third kappa shape index (κ3) is 5.25. The Balaban J connectivity index is 1.29. The van der Waals surface area contributed by atoms with E-state index in [1.807, 2.05) is 60.7 Å². The summed E-state index contributed by atoms with van der Waals surface area (Å²) in [5.74, 6) is -0.555. The summed E-state index contributed by atoms with van der Waals surface area (Å²) in [5, 5.41) is 6.86. The second-order valence-corrected chi connectivity index (χ2v) is 13.4. The number of hydrogen-bond donors (Lipinski definition) is 0. The third-order valence-electron chi connectivity index (χ3n) is 10.1. The molecule has 53 heavy (non-hydrogen) atoms. The number of hydrogen-bond acceptors (Lipinski definition) is 2. The van der Waals surface area contributed by atoms with E-state index in [-0.39, 0.29) is 11.6 Å². The van der Waals surface area contributed by atoms with Gasteiger partial charge in [0, 0.05) is 50.6 Å². The van der Waals surface area contributed by atoms with E-state index >= 15 is 0 Å². The number of halogens is 2. The van der Waals surface area contributed by atoms with Gasteiger partial charge in [-0.2, -0.15) is 0 Å². The smallest absolute Gasteiger partial charge is 0.123 e. The molecule has 0 unspecified atom stereocenters. The van der Waals surface area contributed by atoms with E-state index < -0.39 is 0 Å². The molecule has 0 bridgehead atoms. The fourth-order valence-electron chi connectivity index (χ4n) is 7.82. The van der Waals surface area contributed by atoms with Crippen LogP contribution in [0.1, 0.15) is 0 Å². The molecule has 0 radical (unpaired) electrons. The van der Waals surface area contributed by atoms with E-state index in [0.29, 0.717) is 0 Å². The monoisotopic (exact) mass is 687 g/mol. The second kappa shape index (κ2) is 12.4.